The molecule has 0 saturated heterocycles. The third-order valence-electron chi connectivity index (χ3n) is 4.26. The van der Waals surface area contributed by atoms with Crippen LogP contribution in [0.2, 0.25) is 0 Å². The molecule has 2 aliphatic carbocycles. The third kappa shape index (κ3) is 4.42. The van der Waals surface area contributed by atoms with Crippen LogP contribution in [-0.2, 0) is 0 Å². The Labute approximate surface area is 125 Å². The van der Waals surface area contributed by atoms with Gasteiger partial charge in [-0.1, -0.05) is 43.7 Å². The van der Waals surface area contributed by atoms with Crippen molar-refractivity contribution in [3.63, 3.8) is 0 Å². The van der Waals surface area contributed by atoms with Gasteiger partial charge >= 0.3 is 6.03 Å². The maximum atomic E-state index is 12.1. The van der Waals surface area contributed by atoms with E-state index in [9.17, 15) is 4.79 Å². The van der Waals surface area contributed by atoms with Crippen LogP contribution >= 0.6 is 23.2 Å². The van der Waals surface area contributed by atoms with E-state index in [0.29, 0.717) is 0 Å². The summed E-state index contributed by atoms with van der Waals surface area (Å²) in [5.74, 6) is 0. The molecular weight excluding hydrogens is 283 g/mol. The van der Waals surface area contributed by atoms with Crippen molar-refractivity contribution in [2.75, 3.05) is 0 Å². The van der Waals surface area contributed by atoms with Gasteiger partial charge < -0.3 is 10.6 Å². The molecule has 0 aromatic carbocycles. The second kappa shape index (κ2) is 7.03. The molecule has 2 saturated carbocycles. The first-order valence-electron chi connectivity index (χ1n) is 7.52. The number of hydrogen-bond acceptors (Lipinski definition) is 1. The SMILES string of the molecule is O=C(NC1CCCCCCC1)NC1(Cl)CCCC1Cl. The van der Waals surface area contributed by atoms with E-state index in [-0.39, 0.29) is 17.5 Å². The van der Waals surface area contributed by atoms with Gasteiger partial charge in [0.2, 0.25) is 0 Å². The summed E-state index contributed by atoms with van der Waals surface area (Å²) in [6.07, 6.45) is 11.0. The quantitative estimate of drug-likeness (QED) is 0.584. The number of urea groups is 1. The summed E-state index contributed by atoms with van der Waals surface area (Å²) in [6.45, 7) is 0. The molecule has 3 nitrogen and oxygen atoms in total. The van der Waals surface area contributed by atoms with Crippen molar-refractivity contribution < 1.29 is 4.79 Å². The average Bonchev–Trinajstić information content (AvgIpc) is 2.62. The van der Waals surface area contributed by atoms with Crippen LogP contribution in [0, 0.1) is 0 Å². The summed E-state index contributed by atoms with van der Waals surface area (Å²) in [5.41, 5.74) is 0. The zero-order valence-corrected chi connectivity index (χ0v) is 12.9. The minimum absolute atomic E-state index is 0.159. The van der Waals surface area contributed by atoms with Crippen LogP contribution in [0.1, 0.15) is 64.2 Å². The highest BCUT2D eigenvalue weighted by atomic mass is 35.5. The molecule has 110 valence electrons. The first-order valence-corrected chi connectivity index (χ1v) is 8.33. The molecule has 0 bridgehead atoms. The van der Waals surface area contributed by atoms with Gasteiger partial charge in [-0.05, 0) is 32.1 Å². The second-order valence-corrected chi connectivity index (χ2v) is 7.06. The topological polar surface area (TPSA) is 41.1 Å². The van der Waals surface area contributed by atoms with Gasteiger partial charge in [-0.3, -0.25) is 0 Å². The Kier molecular flexibility index (Phi) is 5.64. The molecule has 0 aliphatic heterocycles. The van der Waals surface area contributed by atoms with Gasteiger partial charge in [-0.25, -0.2) is 4.79 Å². The molecule has 0 aromatic heterocycles. The van der Waals surface area contributed by atoms with E-state index in [1.54, 1.807) is 0 Å². The van der Waals surface area contributed by atoms with Gasteiger partial charge in [0.15, 0.2) is 0 Å². The molecule has 2 fully saturated rings. The molecule has 19 heavy (non-hydrogen) atoms. The highest BCUT2D eigenvalue weighted by Gasteiger charge is 2.41. The van der Waals surface area contributed by atoms with Crippen LogP contribution in [0.3, 0.4) is 0 Å². The van der Waals surface area contributed by atoms with Crippen molar-refractivity contribution in [2.24, 2.45) is 0 Å². The molecular formula is C14H24Cl2N2O. The lowest BCUT2D eigenvalue weighted by Gasteiger charge is -2.28. The highest BCUT2D eigenvalue weighted by molar-refractivity contribution is 6.33. The van der Waals surface area contributed by atoms with E-state index in [2.05, 4.69) is 10.6 Å². The van der Waals surface area contributed by atoms with Gasteiger partial charge in [0, 0.05) is 6.04 Å². The van der Waals surface area contributed by atoms with E-state index in [0.717, 1.165) is 32.1 Å². The fourth-order valence-electron chi connectivity index (χ4n) is 3.08. The number of carbonyl (C=O) groups excluding carboxylic acids is 1. The molecule has 0 heterocycles. The highest BCUT2D eigenvalue weighted by Crippen LogP contribution is 2.37. The Morgan fingerprint density at radius 2 is 1.63 bits per heavy atom. The summed E-state index contributed by atoms with van der Waals surface area (Å²) in [6, 6.07) is 0.129. The molecule has 2 atom stereocenters. The van der Waals surface area contributed by atoms with Gasteiger partial charge in [0.1, 0.15) is 5.00 Å². The predicted molar refractivity (Wildman–Crippen MR) is 79.9 cm³/mol. The van der Waals surface area contributed by atoms with Crippen LogP contribution in [0.4, 0.5) is 4.79 Å². The van der Waals surface area contributed by atoms with Crippen molar-refractivity contribution in [3.05, 3.63) is 0 Å². The molecule has 2 amide bonds. The summed E-state index contributed by atoms with van der Waals surface area (Å²) in [7, 11) is 0. The number of nitrogens with one attached hydrogen (secondary N) is 2. The lowest BCUT2D eigenvalue weighted by Crippen LogP contribution is -2.53. The van der Waals surface area contributed by atoms with Crippen LogP contribution in [0.5, 0.6) is 0 Å². The van der Waals surface area contributed by atoms with Crippen LogP contribution in [0.25, 0.3) is 0 Å². The van der Waals surface area contributed by atoms with Gasteiger partial charge in [-0.15, -0.1) is 11.6 Å². The lowest BCUT2D eigenvalue weighted by molar-refractivity contribution is 0.228. The molecule has 0 radical (unpaired) electrons. The Balaban J connectivity index is 1.79. The summed E-state index contributed by atoms with van der Waals surface area (Å²) < 4.78 is 0. The Morgan fingerprint density at radius 1 is 1.00 bits per heavy atom. The Hall–Kier alpha value is -0.150. The molecule has 0 spiro atoms. The second-order valence-electron chi connectivity index (χ2n) is 5.86. The zero-order valence-electron chi connectivity index (χ0n) is 11.4. The maximum Gasteiger partial charge on any atom is 0.316 e. The molecule has 2 aliphatic rings. The minimum atomic E-state index is -0.757. The average molecular weight is 307 g/mol. The minimum Gasteiger partial charge on any atom is -0.335 e. The first kappa shape index (κ1) is 15.2. The fourth-order valence-corrected chi connectivity index (χ4v) is 3.72. The number of hydrogen-bond donors (Lipinski definition) is 2. The normalized spacial score (nSPS) is 33.5. The molecule has 0 aromatic rings. The fraction of sp³-hybridized carbons (Fsp3) is 0.929. The van der Waals surface area contributed by atoms with Crippen molar-refractivity contribution in [3.8, 4) is 0 Å². The van der Waals surface area contributed by atoms with E-state index < -0.39 is 5.00 Å². The molecule has 2 unspecified atom stereocenters. The van der Waals surface area contributed by atoms with E-state index >= 15 is 0 Å². The van der Waals surface area contributed by atoms with Crippen molar-refractivity contribution >= 4 is 29.2 Å². The number of alkyl halides is 2. The van der Waals surface area contributed by atoms with Gasteiger partial charge in [0.05, 0.1) is 5.38 Å². The Morgan fingerprint density at radius 3 is 2.21 bits per heavy atom. The number of rotatable bonds is 2. The lowest BCUT2D eigenvalue weighted by atomic mass is 9.97. The molecule has 2 N–H and O–H groups in total. The third-order valence-corrected chi connectivity index (χ3v) is 5.51. The monoisotopic (exact) mass is 306 g/mol. The van der Waals surface area contributed by atoms with E-state index in [1.165, 1.54) is 32.1 Å². The van der Waals surface area contributed by atoms with Crippen molar-refractivity contribution in [2.45, 2.75) is 80.6 Å². The van der Waals surface area contributed by atoms with E-state index in [4.69, 9.17) is 23.2 Å². The van der Waals surface area contributed by atoms with Gasteiger partial charge in [-0.2, -0.15) is 0 Å². The summed E-state index contributed by atoms with van der Waals surface area (Å²) in [4.78, 5) is 11.3. The number of amides is 2. The van der Waals surface area contributed by atoms with E-state index in [1.807, 2.05) is 0 Å². The van der Waals surface area contributed by atoms with Crippen molar-refractivity contribution in [1.29, 1.82) is 0 Å². The molecule has 5 heteroatoms. The van der Waals surface area contributed by atoms with Gasteiger partial charge in [0.25, 0.3) is 0 Å². The smallest absolute Gasteiger partial charge is 0.316 e. The molecule has 2 rings (SSSR count). The number of halogens is 2. The zero-order chi connectivity index (χ0) is 13.7. The first-order chi connectivity index (χ1) is 9.10. The van der Waals surface area contributed by atoms with Crippen LogP contribution < -0.4 is 10.6 Å². The largest absolute Gasteiger partial charge is 0.335 e. The summed E-state index contributed by atoms with van der Waals surface area (Å²) >= 11 is 12.6. The standard InChI is InChI=1S/C14H24Cl2N2O/c15-12-9-6-10-14(12,16)18-13(19)17-11-7-4-2-1-3-5-8-11/h11-12H,1-10H2,(H2,17,18,19). The predicted octanol–water partition coefficient (Wildman–Crippen LogP) is 4.12. The number of carbonyl (C=O) groups is 1. The van der Waals surface area contributed by atoms with Crippen LogP contribution in [0.15, 0.2) is 0 Å². The van der Waals surface area contributed by atoms with Crippen LogP contribution in [-0.4, -0.2) is 22.4 Å². The summed E-state index contributed by atoms with van der Waals surface area (Å²) in [5, 5.41) is 5.77. The van der Waals surface area contributed by atoms with Crippen molar-refractivity contribution in [1.82, 2.24) is 10.6 Å². The Bertz CT molecular complexity index is 306. The maximum absolute atomic E-state index is 12.1.